The fourth-order valence-corrected chi connectivity index (χ4v) is 4.83. The first-order chi connectivity index (χ1) is 18.7. The predicted molar refractivity (Wildman–Crippen MR) is 133 cm³/mol. The molecule has 0 aliphatic carbocycles. The van der Waals surface area contributed by atoms with Gasteiger partial charge in [-0.15, -0.1) is 5.11 Å². The molecule has 3 aromatic carbocycles. The quantitative estimate of drug-likeness (QED) is 0.0354. The average Bonchev–Trinajstić information content (AvgIpc) is 2.82. The van der Waals surface area contributed by atoms with Gasteiger partial charge in [0.2, 0.25) is 5.95 Å². The molecular weight excluding hydrogens is 620 g/mol. The molecule has 1 heterocycles. The maximum atomic E-state index is 11.9. The summed E-state index contributed by atoms with van der Waals surface area (Å²) >= 11 is 0. The molecule has 0 radical (unpaired) electrons. The summed E-state index contributed by atoms with van der Waals surface area (Å²) in [6.07, 6.45) is 0. The van der Waals surface area contributed by atoms with Crippen molar-refractivity contribution in [2.24, 2.45) is 15.4 Å². The minimum Gasteiger partial charge on any atom is -0.862 e. The summed E-state index contributed by atoms with van der Waals surface area (Å²) in [6.45, 7) is 1.15. The summed E-state index contributed by atoms with van der Waals surface area (Å²) in [5.41, 5.74) is -1.10. The fraction of sp³-hybridized carbons (Fsp3) is 0.0476. The molecule has 0 amide bonds. The second-order valence-electron chi connectivity index (χ2n) is 7.74. The van der Waals surface area contributed by atoms with Crippen LogP contribution in [0.4, 0.5) is 23.0 Å². The Hall–Kier alpha value is -2.98. The van der Waals surface area contributed by atoms with Gasteiger partial charge in [0.1, 0.15) is 15.5 Å². The molecule has 0 bridgehead atoms. The number of aliphatic imine (C=N–C) groups is 1. The second kappa shape index (κ2) is 14.0. The van der Waals surface area contributed by atoms with E-state index in [2.05, 4.69) is 35.7 Å². The number of nitrogens with one attached hydrogen (secondary N) is 2. The van der Waals surface area contributed by atoms with Crippen molar-refractivity contribution >= 4 is 59.9 Å². The van der Waals surface area contributed by atoms with Crippen molar-refractivity contribution in [3.63, 3.8) is 0 Å². The maximum Gasteiger partial charge on any atom is 1.00 e. The number of hydrogen-bond acceptors (Lipinski definition) is 14. The summed E-state index contributed by atoms with van der Waals surface area (Å²) in [4.78, 5) is 27.7. The molecule has 0 aliphatic heterocycles. The Balaban J connectivity index is 0.00000308. The first-order valence-electron chi connectivity index (χ1n) is 10.6. The molecule has 17 nitrogen and oxygen atoms in total. The molecule has 21 heteroatoms. The van der Waals surface area contributed by atoms with Gasteiger partial charge in [-0.25, -0.2) is 9.78 Å². The van der Waals surface area contributed by atoms with Gasteiger partial charge in [-0.3, -0.25) is 19.1 Å². The van der Waals surface area contributed by atoms with E-state index in [1.54, 1.807) is 0 Å². The van der Waals surface area contributed by atoms with Gasteiger partial charge in [0.05, 0.1) is 11.7 Å². The van der Waals surface area contributed by atoms with Gasteiger partial charge in [0, 0.05) is 21.7 Å². The summed E-state index contributed by atoms with van der Waals surface area (Å²) in [7, 11) is -9.67. The van der Waals surface area contributed by atoms with Gasteiger partial charge in [0.25, 0.3) is 20.2 Å². The van der Waals surface area contributed by atoms with Crippen LogP contribution in [0.1, 0.15) is 6.92 Å². The van der Waals surface area contributed by atoms with E-state index in [1.165, 1.54) is 30.3 Å². The molecular formula is C21H15N7Na2O10S2. The molecule has 0 aliphatic rings. The maximum absolute atomic E-state index is 11.9. The number of hydrogen-bond donors (Lipinski definition) is 4. The first-order valence-corrected chi connectivity index (χ1v) is 13.5. The molecule has 1 aromatic heterocycles. The van der Waals surface area contributed by atoms with Crippen LogP contribution in [-0.4, -0.2) is 46.8 Å². The summed E-state index contributed by atoms with van der Waals surface area (Å²) < 4.78 is 66.7. The summed E-state index contributed by atoms with van der Waals surface area (Å²) in [5.74, 6) is -0.997. The van der Waals surface area contributed by atoms with Crippen molar-refractivity contribution in [2.45, 2.75) is 16.7 Å². The summed E-state index contributed by atoms with van der Waals surface area (Å²) in [5, 5.41) is 32.3. The van der Waals surface area contributed by atoms with Crippen LogP contribution in [0.25, 0.3) is 10.8 Å². The van der Waals surface area contributed by atoms with E-state index >= 15 is 0 Å². The molecule has 4 N–H and O–H groups in total. The monoisotopic (exact) mass is 635 g/mol. The number of anilines is 2. The van der Waals surface area contributed by atoms with Gasteiger partial charge in [0.15, 0.2) is 5.75 Å². The Labute approximate surface area is 280 Å². The van der Waals surface area contributed by atoms with Crippen molar-refractivity contribution in [1.29, 1.82) is 0 Å². The number of rotatable bonds is 8. The molecule has 0 fully saturated rings. The number of H-pyrrole nitrogens is 1. The van der Waals surface area contributed by atoms with Crippen molar-refractivity contribution in [1.82, 2.24) is 15.0 Å². The third kappa shape index (κ3) is 8.77. The van der Waals surface area contributed by atoms with Gasteiger partial charge in [-0.1, -0.05) is 12.1 Å². The van der Waals surface area contributed by atoms with Gasteiger partial charge < -0.3 is 20.4 Å². The van der Waals surface area contributed by atoms with E-state index in [0.717, 1.165) is 25.1 Å². The summed E-state index contributed by atoms with van der Waals surface area (Å²) in [6, 6.07) is 8.27. The predicted octanol–water partition coefficient (Wildman–Crippen LogP) is -4.88. The molecule has 208 valence electrons. The van der Waals surface area contributed by atoms with Crippen LogP contribution in [-0.2, 0) is 20.2 Å². The van der Waals surface area contributed by atoms with Crippen LogP contribution in [0.5, 0.6) is 11.8 Å². The Bertz CT molecular complexity index is 1980. The van der Waals surface area contributed by atoms with E-state index in [-0.39, 0.29) is 98.6 Å². The van der Waals surface area contributed by atoms with E-state index in [0.29, 0.717) is 0 Å². The van der Waals surface area contributed by atoms with Crippen LogP contribution in [0.2, 0.25) is 0 Å². The topological polar surface area (TPSA) is 272 Å². The SMILES string of the molecule is CC([O-])=Nc1cc(Nc2nc([O-])nc(=O)[nH]2)ccc1ON=Nc1cc(S(=O)(=O)O)c2cccc(S(=O)(=O)O)c2c1.[Na+].[Na+]. The zero-order valence-electron chi connectivity index (χ0n) is 21.8. The Morgan fingerprint density at radius 2 is 1.67 bits per heavy atom. The van der Waals surface area contributed by atoms with Crippen LogP contribution in [0.3, 0.4) is 0 Å². The molecule has 42 heavy (non-hydrogen) atoms. The molecule has 0 atom stereocenters. The van der Waals surface area contributed by atoms with E-state index < -0.39 is 47.6 Å². The largest absolute Gasteiger partial charge is 1.00 e. The Morgan fingerprint density at radius 1 is 0.976 bits per heavy atom. The molecule has 4 rings (SSSR count). The van der Waals surface area contributed by atoms with E-state index in [1.807, 2.05) is 0 Å². The number of nitrogens with zero attached hydrogens (tertiary/aromatic N) is 5. The van der Waals surface area contributed by atoms with Gasteiger partial charge in [-0.05, 0) is 49.2 Å². The smallest absolute Gasteiger partial charge is 0.862 e. The minimum absolute atomic E-state index is 0. The van der Waals surface area contributed by atoms with Crippen LogP contribution >= 0.6 is 0 Å². The molecule has 0 unspecified atom stereocenters. The van der Waals surface area contributed by atoms with Crippen LogP contribution < -0.4 is 85.2 Å². The standard InChI is InChI=1S/C21H17N7O10S2.2Na/c1-10(29)22-15-8-11(23-19-24-20(30)26-21(31)25-19)5-6-16(15)38-28-27-12-7-14-13(18(9-12)40(35,36)37)3-2-4-17(14)39(32,33)34;;/h2-9H,1H3,(H,22,29)(H,32,33,34)(H,35,36,37)(H3,23,24,25,26,30,31);;/q;2*+1/p-2. The van der Waals surface area contributed by atoms with Crippen molar-refractivity contribution in [3.8, 4) is 11.8 Å². The first kappa shape index (κ1) is 35.2. The average molecular weight is 636 g/mol. The van der Waals surface area contributed by atoms with Crippen LogP contribution in [0, 0.1) is 0 Å². The number of aromatic nitrogens is 3. The van der Waals surface area contributed by atoms with Crippen molar-refractivity contribution in [3.05, 3.63) is 59.0 Å². The molecule has 0 saturated heterocycles. The zero-order chi connectivity index (χ0) is 29.2. The van der Waals surface area contributed by atoms with E-state index in [4.69, 9.17) is 4.84 Å². The van der Waals surface area contributed by atoms with E-state index in [9.17, 15) is 40.9 Å². The molecule has 0 spiro atoms. The van der Waals surface area contributed by atoms with Gasteiger partial charge in [-0.2, -0.15) is 21.8 Å². The normalized spacial score (nSPS) is 12.0. The van der Waals surface area contributed by atoms with Crippen LogP contribution in [0.15, 0.2) is 78.5 Å². The Morgan fingerprint density at radius 3 is 2.29 bits per heavy atom. The number of fused-ring (bicyclic) bond motifs is 1. The number of aromatic amines is 1. The van der Waals surface area contributed by atoms with Crippen molar-refractivity contribution < 1.29 is 100 Å². The van der Waals surface area contributed by atoms with Gasteiger partial charge >= 0.3 is 64.8 Å². The van der Waals surface area contributed by atoms with Crippen molar-refractivity contribution in [2.75, 3.05) is 5.32 Å². The minimum atomic E-state index is -4.88. The third-order valence-electron chi connectivity index (χ3n) is 4.88. The fourth-order valence-electron chi connectivity index (χ4n) is 3.41. The third-order valence-corrected chi connectivity index (χ3v) is 6.69. The molecule has 0 saturated carbocycles. The zero-order valence-corrected chi connectivity index (χ0v) is 27.5. The number of benzene rings is 3. The second-order valence-corrected chi connectivity index (χ2v) is 10.5. The molecule has 4 aromatic rings. The Kier molecular flexibility index (Phi) is 11.7.